The molecule has 5 nitrogen and oxygen atoms in total. The molecule has 0 fully saturated rings. The van der Waals surface area contributed by atoms with Crippen LogP contribution in [-0.4, -0.2) is 27.6 Å². The van der Waals surface area contributed by atoms with Crippen LogP contribution in [0.25, 0.3) is 5.65 Å². The number of pyridine rings is 1. The lowest BCUT2D eigenvalue weighted by molar-refractivity contribution is 0.0689. The second kappa shape index (κ2) is 3.02. The number of ether oxygens (including phenoxy) is 1. The Morgan fingerprint density at radius 3 is 3.07 bits per heavy atom. The van der Waals surface area contributed by atoms with E-state index in [1.807, 2.05) is 0 Å². The van der Waals surface area contributed by atoms with Gasteiger partial charge in [0.1, 0.15) is 0 Å². The van der Waals surface area contributed by atoms with Crippen LogP contribution in [0.1, 0.15) is 10.5 Å². The van der Waals surface area contributed by atoms with Gasteiger partial charge in [-0.05, 0) is 12.1 Å². The Kier molecular flexibility index (Phi) is 1.85. The van der Waals surface area contributed by atoms with Crippen LogP contribution in [0.4, 0.5) is 0 Å². The van der Waals surface area contributed by atoms with Crippen LogP contribution in [0.2, 0.25) is 0 Å². The molecule has 72 valence electrons. The Balaban J connectivity index is 2.75. The first-order valence-electron chi connectivity index (χ1n) is 3.97. The summed E-state index contributed by atoms with van der Waals surface area (Å²) in [5, 5.41) is 8.83. The summed E-state index contributed by atoms with van der Waals surface area (Å²) in [5.41, 5.74) is 0.631. The number of nitrogens with zero attached hydrogens (tertiary/aromatic N) is 2. The molecule has 0 spiro atoms. The van der Waals surface area contributed by atoms with Crippen molar-refractivity contribution in [3.63, 3.8) is 0 Å². The summed E-state index contributed by atoms with van der Waals surface area (Å²) in [5.74, 6) is -0.453. The maximum Gasteiger partial charge on any atom is 0.354 e. The van der Waals surface area contributed by atoms with Gasteiger partial charge >= 0.3 is 5.97 Å². The van der Waals surface area contributed by atoms with Crippen LogP contribution in [-0.2, 0) is 0 Å². The molecule has 0 unspecified atom stereocenters. The van der Waals surface area contributed by atoms with E-state index >= 15 is 0 Å². The topological polar surface area (TPSA) is 63.8 Å². The minimum Gasteiger partial charge on any atom is -0.493 e. The number of imidazole rings is 1. The molecule has 0 bridgehead atoms. The van der Waals surface area contributed by atoms with Crippen molar-refractivity contribution in [2.45, 2.75) is 0 Å². The molecule has 0 amide bonds. The van der Waals surface area contributed by atoms with Gasteiger partial charge in [-0.25, -0.2) is 9.78 Å². The smallest absolute Gasteiger partial charge is 0.354 e. The highest BCUT2D eigenvalue weighted by atomic mass is 16.5. The molecule has 1 N–H and O–H groups in total. The van der Waals surface area contributed by atoms with Crippen LogP contribution in [0.5, 0.6) is 5.75 Å². The van der Waals surface area contributed by atoms with Gasteiger partial charge in [-0.3, -0.25) is 4.40 Å². The lowest BCUT2D eigenvalue weighted by Gasteiger charge is -2.01. The zero-order valence-electron chi connectivity index (χ0n) is 7.47. The maximum atomic E-state index is 10.8. The summed E-state index contributed by atoms with van der Waals surface area (Å²) in [4.78, 5) is 14.7. The summed E-state index contributed by atoms with van der Waals surface area (Å²) < 4.78 is 6.52. The summed E-state index contributed by atoms with van der Waals surface area (Å²) in [6.07, 6.45) is 2.94. The molecule has 2 rings (SSSR count). The zero-order valence-corrected chi connectivity index (χ0v) is 7.47. The van der Waals surface area contributed by atoms with Gasteiger partial charge in [-0.15, -0.1) is 0 Å². The number of carbonyl (C=O) groups is 1. The van der Waals surface area contributed by atoms with Crippen molar-refractivity contribution in [1.82, 2.24) is 9.38 Å². The van der Waals surface area contributed by atoms with Crippen molar-refractivity contribution in [2.24, 2.45) is 0 Å². The Morgan fingerprint density at radius 1 is 1.64 bits per heavy atom. The molecule has 14 heavy (non-hydrogen) atoms. The summed E-state index contributed by atoms with van der Waals surface area (Å²) in [6.45, 7) is 0. The van der Waals surface area contributed by atoms with E-state index in [-0.39, 0.29) is 5.69 Å². The lowest BCUT2D eigenvalue weighted by atomic mass is 10.4. The fourth-order valence-corrected chi connectivity index (χ4v) is 1.30. The van der Waals surface area contributed by atoms with E-state index in [4.69, 9.17) is 9.84 Å². The average molecular weight is 192 g/mol. The molecule has 0 aliphatic heterocycles. The number of hydrogen-bond donors (Lipinski definition) is 1. The summed E-state index contributed by atoms with van der Waals surface area (Å²) in [6, 6.07) is 3.44. The Hall–Kier alpha value is -2.04. The highest BCUT2D eigenvalue weighted by molar-refractivity contribution is 5.87. The fourth-order valence-electron chi connectivity index (χ4n) is 1.30. The number of hydrogen-bond acceptors (Lipinski definition) is 3. The summed E-state index contributed by atoms with van der Waals surface area (Å²) in [7, 11) is 1.52. The third kappa shape index (κ3) is 1.10. The van der Waals surface area contributed by atoms with Crippen molar-refractivity contribution < 1.29 is 14.6 Å². The highest BCUT2D eigenvalue weighted by Gasteiger charge is 2.12. The fraction of sp³-hybridized carbons (Fsp3) is 0.111. The Bertz CT molecular complexity index is 490. The van der Waals surface area contributed by atoms with Gasteiger partial charge in [-0.2, -0.15) is 0 Å². The van der Waals surface area contributed by atoms with E-state index in [0.29, 0.717) is 11.4 Å². The molecule has 0 aliphatic rings. The minimum absolute atomic E-state index is 0.124. The second-order valence-corrected chi connectivity index (χ2v) is 2.72. The molecule has 2 heterocycles. The van der Waals surface area contributed by atoms with E-state index in [2.05, 4.69) is 4.98 Å². The molecular weight excluding hydrogens is 184 g/mol. The third-order valence-corrected chi connectivity index (χ3v) is 1.94. The first-order chi connectivity index (χ1) is 6.74. The van der Waals surface area contributed by atoms with Crippen LogP contribution >= 0.6 is 0 Å². The van der Waals surface area contributed by atoms with Gasteiger partial charge in [0, 0.05) is 6.20 Å². The number of fused-ring (bicyclic) bond motifs is 1. The predicted octanol–water partition coefficient (Wildman–Crippen LogP) is 1.04. The molecule has 2 aromatic rings. The molecular formula is C9H8N2O3. The Morgan fingerprint density at radius 2 is 2.43 bits per heavy atom. The number of carboxylic acids is 1. The van der Waals surface area contributed by atoms with Gasteiger partial charge in [-0.1, -0.05) is 0 Å². The van der Waals surface area contributed by atoms with E-state index in [1.54, 1.807) is 18.3 Å². The quantitative estimate of drug-likeness (QED) is 0.772. The molecule has 0 aromatic carbocycles. The molecule has 0 radical (unpaired) electrons. The van der Waals surface area contributed by atoms with E-state index < -0.39 is 5.97 Å². The first kappa shape index (κ1) is 8.55. The zero-order chi connectivity index (χ0) is 10.1. The van der Waals surface area contributed by atoms with E-state index in [9.17, 15) is 4.79 Å². The Labute approximate surface area is 79.6 Å². The van der Waals surface area contributed by atoms with Crippen LogP contribution in [0.15, 0.2) is 24.5 Å². The number of aromatic carboxylic acids is 1. The standard InChI is InChI=1S/C9H8N2O3/c1-14-7-3-2-4-11-6(9(12)13)5-10-8(7)11/h2-5H,1H3,(H,12,13). The molecule has 2 aromatic heterocycles. The number of carboxylic acid groups (broad SMARTS) is 1. The van der Waals surface area contributed by atoms with Crippen molar-refractivity contribution >= 4 is 11.6 Å². The molecule has 0 atom stereocenters. The minimum atomic E-state index is -1.01. The maximum absolute atomic E-state index is 10.8. The predicted molar refractivity (Wildman–Crippen MR) is 48.7 cm³/mol. The van der Waals surface area contributed by atoms with E-state index in [0.717, 1.165) is 0 Å². The van der Waals surface area contributed by atoms with E-state index in [1.165, 1.54) is 17.7 Å². The number of methoxy groups -OCH3 is 1. The lowest BCUT2D eigenvalue weighted by Crippen LogP contribution is -2.01. The van der Waals surface area contributed by atoms with Crippen molar-refractivity contribution in [2.75, 3.05) is 7.11 Å². The molecule has 0 saturated heterocycles. The largest absolute Gasteiger partial charge is 0.493 e. The summed E-state index contributed by atoms with van der Waals surface area (Å²) >= 11 is 0. The van der Waals surface area contributed by atoms with Gasteiger partial charge < -0.3 is 9.84 Å². The number of rotatable bonds is 2. The monoisotopic (exact) mass is 192 g/mol. The van der Waals surface area contributed by atoms with Crippen molar-refractivity contribution in [3.05, 3.63) is 30.2 Å². The second-order valence-electron chi connectivity index (χ2n) is 2.72. The first-order valence-corrected chi connectivity index (χ1v) is 3.97. The molecule has 0 aliphatic carbocycles. The van der Waals surface area contributed by atoms with Crippen molar-refractivity contribution in [1.29, 1.82) is 0 Å². The van der Waals surface area contributed by atoms with Gasteiger partial charge in [0.25, 0.3) is 0 Å². The normalized spacial score (nSPS) is 10.4. The van der Waals surface area contributed by atoms with Crippen LogP contribution in [0.3, 0.4) is 0 Å². The molecule has 5 heteroatoms. The van der Waals surface area contributed by atoms with Crippen molar-refractivity contribution in [3.8, 4) is 5.75 Å². The van der Waals surface area contributed by atoms with Gasteiger partial charge in [0.15, 0.2) is 17.1 Å². The van der Waals surface area contributed by atoms with Gasteiger partial charge in [0.05, 0.1) is 13.3 Å². The van der Waals surface area contributed by atoms with Crippen LogP contribution < -0.4 is 4.74 Å². The SMILES string of the molecule is COc1cccn2c(C(=O)O)cnc12. The van der Waals surface area contributed by atoms with Gasteiger partial charge in [0.2, 0.25) is 0 Å². The highest BCUT2D eigenvalue weighted by Crippen LogP contribution is 2.18. The van der Waals surface area contributed by atoms with Crippen LogP contribution in [0, 0.1) is 0 Å². The molecule has 0 saturated carbocycles. The number of aromatic nitrogens is 2. The average Bonchev–Trinajstić information content (AvgIpc) is 2.60. The third-order valence-electron chi connectivity index (χ3n) is 1.94.